The van der Waals surface area contributed by atoms with Gasteiger partial charge in [0.1, 0.15) is 7.34 Å². The Balaban J connectivity index is 3.90. The first-order valence-corrected chi connectivity index (χ1v) is 6.40. The summed E-state index contributed by atoms with van der Waals surface area (Å²) < 4.78 is 10.9. The Kier molecular flexibility index (Phi) is 7.20. The highest BCUT2D eigenvalue weighted by molar-refractivity contribution is 7.64. The van der Waals surface area contributed by atoms with Crippen LogP contribution < -0.4 is 4.84 Å². The van der Waals surface area contributed by atoms with Crippen molar-refractivity contribution in [3.63, 3.8) is 0 Å². The van der Waals surface area contributed by atoms with Gasteiger partial charge in [-0.3, -0.25) is 0 Å². The average molecular weight is 214 g/mol. The molecule has 0 aromatic heterocycles. The van der Waals surface area contributed by atoms with Crippen LogP contribution in [0.25, 0.3) is 0 Å². The molecule has 0 saturated heterocycles. The van der Waals surface area contributed by atoms with Crippen molar-refractivity contribution in [1.82, 2.24) is 4.84 Å². The molecular formula is C7H17ClNO2P. The quantitative estimate of drug-likeness (QED) is 0.519. The Labute approximate surface area is 79.6 Å². The molecule has 0 radical (unpaired) electrons. The summed E-state index contributed by atoms with van der Waals surface area (Å²) in [7, 11) is -1.88. The highest BCUT2D eigenvalue weighted by Gasteiger charge is 2.13. The maximum atomic E-state index is 5.45. The van der Waals surface area contributed by atoms with Gasteiger partial charge in [0.05, 0.1) is 13.2 Å². The van der Waals surface area contributed by atoms with Gasteiger partial charge >= 0.3 is 0 Å². The van der Waals surface area contributed by atoms with Crippen molar-refractivity contribution in [2.24, 2.45) is 0 Å². The monoisotopic (exact) mass is 213 g/mol. The first-order valence-electron chi connectivity index (χ1n) is 4.03. The predicted molar refractivity (Wildman–Crippen MR) is 56.0 cm³/mol. The number of hydrogen-bond donors (Lipinski definition) is 1. The van der Waals surface area contributed by atoms with Gasteiger partial charge in [-0.05, 0) is 25.6 Å². The van der Waals surface area contributed by atoms with E-state index in [-0.39, 0.29) is 0 Å². The summed E-state index contributed by atoms with van der Waals surface area (Å²) in [6.45, 7) is 5.82. The zero-order valence-corrected chi connectivity index (χ0v) is 9.33. The molecule has 0 atom stereocenters. The molecule has 0 aliphatic carbocycles. The van der Waals surface area contributed by atoms with Crippen molar-refractivity contribution >= 4 is 25.4 Å². The van der Waals surface area contributed by atoms with Crippen LogP contribution in [0.2, 0.25) is 0 Å². The van der Waals surface area contributed by atoms with E-state index in [2.05, 4.69) is 11.1 Å². The molecule has 0 aliphatic heterocycles. The number of rotatable bonds is 7. The lowest BCUT2D eigenvalue weighted by Crippen LogP contribution is -2.10. The Morgan fingerprint density at radius 3 is 2.17 bits per heavy atom. The van der Waals surface area contributed by atoms with Crippen LogP contribution in [0.4, 0.5) is 0 Å². The average Bonchev–Trinajstić information content (AvgIpc) is 2.02. The van der Waals surface area contributed by atoms with Gasteiger partial charge in [-0.1, -0.05) is 6.30 Å². The van der Waals surface area contributed by atoms with E-state index in [1.165, 1.54) is 0 Å². The number of halogens is 1. The molecule has 0 aromatic carbocycles. The molecule has 1 N–H and O–H groups in total. The molecule has 0 amide bonds. The minimum Gasteiger partial charge on any atom is -0.338 e. The molecule has 0 aliphatic rings. The highest BCUT2D eigenvalue weighted by atomic mass is 35.5. The Hall–Kier alpha value is 0.470. The Morgan fingerprint density at radius 2 is 1.83 bits per heavy atom. The fourth-order valence-corrected chi connectivity index (χ4v) is 2.80. The summed E-state index contributed by atoms with van der Waals surface area (Å²) in [5.74, 6) is 0. The molecule has 0 bridgehead atoms. The maximum Gasteiger partial charge on any atom is 0.118 e. The Bertz CT molecular complexity index is 144. The summed E-state index contributed by atoms with van der Waals surface area (Å²) >= 11 is 5.34. The van der Waals surface area contributed by atoms with Gasteiger partial charge in [0.25, 0.3) is 0 Å². The van der Waals surface area contributed by atoms with Crippen molar-refractivity contribution in [3.8, 4) is 0 Å². The summed E-state index contributed by atoms with van der Waals surface area (Å²) in [6, 6.07) is 0. The minimum atomic E-state index is -1.88. The third-order valence-corrected chi connectivity index (χ3v) is 3.83. The molecule has 12 heavy (non-hydrogen) atoms. The second-order valence-electron chi connectivity index (χ2n) is 2.26. The molecule has 0 rings (SSSR count). The van der Waals surface area contributed by atoms with E-state index in [0.717, 1.165) is 6.16 Å². The predicted octanol–water partition coefficient (Wildman–Crippen LogP) is 2.08. The van der Waals surface area contributed by atoms with Crippen LogP contribution in [0.1, 0.15) is 13.8 Å². The number of nitrogens with one attached hydrogen (secondary N) is 1. The second kappa shape index (κ2) is 6.93. The maximum absolute atomic E-state index is 5.45. The molecular weight excluding hydrogens is 197 g/mol. The van der Waals surface area contributed by atoms with Gasteiger partial charge in [-0.15, -0.1) is 0 Å². The smallest absolute Gasteiger partial charge is 0.118 e. The van der Waals surface area contributed by atoms with Gasteiger partial charge in [0.15, 0.2) is 0 Å². The molecule has 74 valence electrons. The van der Waals surface area contributed by atoms with E-state index in [4.69, 9.17) is 20.8 Å². The van der Waals surface area contributed by atoms with Crippen LogP contribution in [0.3, 0.4) is 0 Å². The van der Waals surface area contributed by atoms with E-state index in [1.54, 1.807) is 0 Å². The first kappa shape index (κ1) is 12.5. The minimum absolute atomic E-state index is 0.638. The van der Waals surface area contributed by atoms with E-state index >= 15 is 0 Å². The van der Waals surface area contributed by atoms with E-state index in [0.29, 0.717) is 19.8 Å². The molecule has 0 saturated carbocycles. The highest BCUT2D eigenvalue weighted by Crippen LogP contribution is 2.46. The Morgan fingerprint density at radius 1 is 1.33 bits per heavy atom. The molecule has 5 heteroatoms. The SMILES string of the molecule is C=P(CCNCl)(OCC)OCC. The lowest BCUT2D eigenvalue weighted by molar-refractivity contribution is 0.265. The lowest BCUT2D eigenvalue weighted by atomic mass is 10.8. The third kappa shape index (κ3) is 5.18. The fourth-order valence-electron chi connectivity index (χ4n) is 0.850. The molecule has 0 aromatic rings. The van der Waals surface area contributed by atoms with Gasteiger partial charge in [-0.25, -0.2) is 4.84 Å². The summed E-state index contributed by atoms with van der Waals surface area (Å²) in [5, 5.41) is 0. The number of hydrogen-bond acceptors (Lipinski definition) is 3. The van der Waals surface area contributed by atoms with E-state index < -0.39 is 7.34 Å². The zero-order valence-electron chi connectivity index (χ0n) is 7.68. The van der Waals surface area contributed by atoms with Gasteiger partial charge < -0.3 is 9.05 Å². The zero-order chi connectivity index (χ0) is 9.45. The van der Waals surface area contributed by atoms with Crippen LogP contribution in [-0.4, -0.2) is 32.2 Å². The topological polar surface area (TPSA) is 30.5 Å². The summed E-state index contributed by atoms with van der Waals surface area (Å²) in [5.41, 5.74) is 0. The van der Waals surface area contributed by atoms with Crippen molar-refractivity contribution < 1.29 is 9.05 Å². The van der Waals surface area contributed by atoms with Gasteiger partial charge in [0.2, 0.25) is 0 Å². The normalized spacial score (nSPS) is 11.9. The second-order valence-corrected chi connectivity index (χ2v) is 5.12. The molecule has 0 unspecified atom stereocenters. The van der Waals surface area contributed by atoms with E-state index in [1.807, 2.05) is 13.8 Å². The standard InChI is InChI=1S/C7H17ClNO2P/c1-4-10-12(3,11-5-2)7-6-9-8/h9H,3-7H2,1-2H3. The molecule has 3 nitrogen and oxygen atoms in total. The van der Waals surface area contributed by atoms with Crippen molar-refractivity contribution in [3.05, 3.63) is 0 Å². The van der Waals surface area contributed by atoms with Crippen LogP contribution in [0.15, 0.2) is 0 Å². The van der Waals surface area contributed by atoms with Crippen LogP contribution in [0.5, 0.6) is 0 Å². The molecule has 0 spiro atoms. The van der Waals surface area contributed by atoms with Crippen molar-refractivity contribution in [1.29, 1.82) is 0 Å². The largest absolute Gasteiger partial charge is 0.338 e. The van der Waals surface area contributed by atoms with Crippen LogP contribution in [-0.2, 0) is 9.05 Å². The van der Waals surface area contributed by atoms with Crippen molar-refractivity contribution in [2.45, 2.75) is 13.8 Å². The fraction of sp³-hybridized carbons (Fsp3) is 0.857. The van der Waals surface area contributed by atoms with E-state index in [9.17, 15) is 0 Å². The third-order valence-electron chi connectivity index (χ3n) is 1.28. The summed E-state index contributed by atoms with van der Waals surface area (Å²) in [4.78, 5) is 2.54. The van der Waals surface area contributed by atoms with Crippen LogP contribution >= 0.6 is 19.1 Å². The lowest BCUT2D eigenvalue weighted by Gasteiger charge is -2.22. The van der Waals surface area contributed by atoms with Gasteiger partial charge in [-0.2, -0.15) is 0 Å². The van der Waals surface area contributed by atoms with Crippen molar-refractivity contribution in [2.75, 3.05) is 25.9 Å². The van der Waals surface area contributed by atoms with Crippen LogP contribution in [0, 0.1) is 0 Å². The van der Waals surface area contributed by atoms with Gasteiger partial charge in [0, 0.05) is 12.7 Å². The molecule has 0 heterocycles. The summed E-state index contributed by atoms with van der Waals surface area (Å²) in [6.07, 6.45) is 4.70. The molecule has 0 fully saturated rings. The first-order chi connectivity index (χ1) is 5.68.